The molecule has 2 aromatic rings. The largest absolute Gasteiger partial charge is 0.494 e. The lowest BCUT2D eigenvalue weighted by Crippen LogP contribution is -1.88. The molecule has 0 aliphatic carbocycles. The van der Waals surface area contributed by atoms with Crippen LogP contribution >= 0.6 is 11.6 Å². The maximum atomic E-state index is 13.3. The Labute approximate surface area is 89.6 Å². The minimum absolute atomic E-state index is 0.0128. The summed E-state index contributed by atoms with van der Waals surface area (Å²) in [6.07, 6.45) is 0. The van der Waals surface area contributed by atoms with E-state index in [2.05, 4.69) is 10.1 Å². The fourth-order valence-corrected chi connectivity index (χ4v) is 1.23. The fraction of sp³-hybridized carbons (Fsp3) is 0.111. The highest BCUT2D eigenvalue weighted by Crippen LogP contribution is 2.24. The SMILES string of the molecule is COc1ccc(-c2nc(Cl)no2)cc1F. The molecule has 1 heterocycles. The number of aromatic nitrogens is 2. The number of hydrogen-bond donors (Lipinski definition) is 0. The van der Waals surface area contributed by atoms with Crippen molar-refractivity contribution >= 4 is 11.6 Å². The summed E-state index contributed by atoms with van der Waals surface area (Å²) in [4.78, 5) is 3.76. The van der Waals surface area contributed by atoms with Gasteiger partial charge in [-0.15, -0.1) is 0 Å². The van der Waals surface area contributed by atoms with E-state index < -0.39 is 5.82 Å². The van der Waals surface area contributed by atoms with Gasteiger partial charge in [0.15, 0.2) is 11.6 Å². The topological polar surface area (TPSA) is 48.2 Å². The lowest BCUT2D eigenvalue weighted by atomic mass is 10.2. The van der Waals surface area contributed by atoms with Crippen LogP contribution in [0.1, 0.15) is 0 Å². The average Bonchev–Trinajstić information content (AvgIpc) is 2.65. The molecule has 1 aromatic heterocycles. The molecule has 0 saturated heterocycles. The van der Waals surface area contributed by atoms with Crippen molar-refractivity contribution in [3.05, 3.63) is 29.3 Å². The van der Waals surface area contributed by atoms with Crippen LogP contribution in [0.5, 0.6) is 5.75 Å². The number of benzene rings is 1. The van der Waals surface area contributed by atoms with Crippen LogP contribution in [0.2, 0.25) is 5.28 Å². The maximum absolute atomic E-state index is 13.3. The molecule has 0 fully saturated rings. The Morgan fingerprint density at radius 3 is 2.80 bits per heavy atom. The molecule has 0 N–H and O–H groups in total. The standard InChI is InChI=1S/C9H6ClFN2O2/c1-14-7-3-2-5(4-6(7)11)8-12-9(10)13-15-8/h2-4H,1H3. The first-order valence-electron chi connectivity index (χ1n) is 4.04. The lowest BCUT2D eigenvalue weighted by molar-refractivity contribution is 0.386. The van der Waals surface area contributed by atoms with Gasteiger partial charge in [0.25, 0.3) is 11.2 Å². The number of halogens is 2. The average molecular weight is 229 g/mol. The molecule has 15 heavy (non-hydrogen) atoms. The van der Waals surface area contributed by atoms with Crippen LogP contribution in [-0.4, -0.2) is 17.3 Å². The summed E-state index contributed by atoms with van der Waals surface area (Å²) in [5, 5.41) is 3.38. The molecule has 6 heteroatoms. The smallest absolute Gasteiger partial charge is 0.264 e. The van der Waals surface area contributed by atoms with Gasteiger partial charge in [0.05, 0.1) is 7.11 Å². The van der Waals surface area contributed by atoms with Gasteiger partial charge in [-0.3, -0.25) is 0 Å². The van der Waals surface area contributed by atoms with E-state index in [9.17, 15) is 4.39 Å². The Hall–Kier alpha value is -1.62. The molecule has 0 spiro atoms. The number of hydrogen-bond acceptors (Lipinski definition) is 4. The minimum atomic E-state index is -0.496. The number of methoxy groups -OCH3 is 1. The van der Waals surface area contributed by atoms with E-state index in [1.165, 1.54) is 19.2 Å². The van der Waals surface area contributed by atoms with Crippen LogP contribution in [0.25, 0.3) is 11.5 Å². The van der Waals surface area contributed by atoms with E-state index >= 15 is 0 Å². The van der Waals surface area contributed by atoms with Crippen molar-refractivity contribution in [2.24, 2.45) is 0 Å². The molecule has 0 atom stereocenters. The van der Waals surface area contributed by atoms with Gasteiger partial charge < -0.3 is 9.26 Å². The number of rotatable bonds is 2. The molecule has 0 aliphatic rings. The Morgan fingerprint density at radius 2 is 2.27 bits per heavy atom. The zero-order valence-corrected chi connectivity index (χ0v) is 8.45. The second kappa shape index (κ2) is 3.86. The number of ether oxygens (including phenoxy) is 1. The van der Waals surface area contributed by atoms with Crippen molar-refractivity contribution in [2.75, 3.05) is 7.11 Å². The number of nitrogens with zero attached hydrogens (tertiary/aromatic N) is 2. The summed E-state index contributed by atoms with van der Waals surface area (Å²) in [7, 11) is 1.39. The third-order valence-corrected chi connectivity index (χ3v) is 1.95. The fourth-order valence-electron chi connectivity index (χ4n) is 1.12. The molecule has 0 aliphatic heterocycles. The summed E-state index contributed by atoms with van der Waals surface area (Å²) in [6.45, 7) is 0. The van der Waals surface area contributed by atoms with Crippen LogP contribution in [-0.2, 0) is 0 Å². The van der Waals surface area contributed by atoms with E-state index in [-0.39, 0.29) is 16.9 Å². The van der Waals surface area contributed by atoms with Gasteiger partial charge in [-0.2, -0.15) is 4.98 Å². The van der Waals surface area contributed by atoms with Gasteiger partial charge in [-0.1, -0.05) is 0 Å². The maximum Gasteiger partial charge on any atom is 0.264 e. The lowest BCUT2D eigenvalue weighted by Gasteiger charge is -2.01. The van der Waals surface area contributed by atoms with E-state index in [0.717, 1.165) is 0 Å². The summed E-state index contributed by atoms with van der Waals surface area (Å²) in [6, 6.07) is 4.32. The van der Waals surface area contributed by atoms with Gasteiger partial charge in [0.2, 0.25) is 0 Å². The van der Waals surface area contributed by atoms with Crippen molar-refractivity contribution in [1.82, 2.24) is 10.1 Å². The summed E-state index contributed by atoms with van der Waals surface area (Å²) in [5.74, 6) is -0.171. The Morgan fingerprint density at radius 1 is 1.47 bits per heavy atom. The highest BCUT2D eigenvalue weighted by molar-refractivity contribution is 6.28. The van der Waals surface area contributed by atoms with Crippen LogP contribution in [0.4, 0.5) is 4.39 Å². The molecule has 0 bridgehead atoms. The molecular weight excluding hydrogens is 223 g/mol. The first-order chi connectivity index (χ1) is 7.20. The van der Waals surface area contributed by atoms with Crippen LogP contribution in [0, 0.1) is 5.82 Å². The molecule has 0 saturated carbocycles. The third-order valence-electron chi connectivity index (χ3n) is 1.80. The van der Waals surface area contributed by atoms with Gasteiger partial charge in [-0.05, 0) is 35.0 Å². The quantitative estimate of drug-likeness (QED) is 0.793. The summed E-state index contributed by atoms with van der Waals surface area (Å²) >= 11 is 5.47. The van der Waals surface area contributed by atoms with Gasteiger partial charge in [0.1, 0.15) is 0 Å². The van der Waals surface area contributed by atoms with Crippen molar-refractivity contribution in [3.63, 3.8) is 0 Å². The Balaban J connectivity index is 2.42. The monoisotopic (exact) mass is 228 g/mol. The predicted molar refractivity (Wildman–Crippen MR) is 51.3 cm³/mol. The van der Waals surface area contributed by atoms with E-state index in [4.69, 9.17) is 20.9 Å². The van der Waals surface area contributed by atoms with Crippen molar-refractivity contribution in [3.8, 4) is 17.2 Å². The molecule has 0 radical (unpaired) electrons. The molecule has 1 aromatic carbocycles. The zero-order valence-electron chi connectivity index (χ0n) is 7.70. The van der Waals surface area contributed by atoms with Gasteiger partial charge in [0, 0.05) is 5.56 Å². The molecular formula is C9H6ClFN2O2. The molecule has 78 valence electrons. The van der Waals surface area contributed by atoms with E-state index in [0.29, 0.717) is 5.56 Å². The highest BCUT2D eigenvalue weighted by Gasteiger charge is 2.10. The van der Waals surface area contributed by atoms with Gasteiger partial charge in [-0.25, -0.2) is 4.39 Å². The van der Waals surface area contributed by atoms with Crippen LogP contribution in [0.15, 0.2) is 22.7 Å². The first-order valence-corrected chi connectivity index (χ1v) is 4.41. The molecule has 0 unspecified atom stereocenters. The Kier molecular flexibility index (Phi) is 2.55. The van der Waals surface area contributed by atoms with Crippen LogP contribution < -0.4 is 4.74 Å². The molecule has 0 amide bonds. The van der Waals surface area contributed by atoms with Crippen molar-refractivity contribution in [2.45, 2.75) is 0 Å². The third kappa shape index (κ3) is 1.92. The van der Waals surface area contributed by atoms with E-state index in [1.807, 2.05) is 0 Å². The molecule has 4 nitrogen and oxygen atoms in total. The second-order valence-corrected chi connectivity index (χ2v) is 3.06. The summed E-state index contributed by atoms with van der Waals surface area (Å²) in [5.41, 5.74) is 0.452. The van der Waals surface area contributed by atoms with Gasteiger partial charge >= 0.3 is 0 Å². The molecule has 2 rings (SSSR count). The van der Waals surface area contributed by atoms with Crippen molar-refractivity contribution in [1.29, 1.82) is 0 Å². The predicted octanol–water partition coefficient (Wildman–Crippen LogP) is 2.54. The normalized spacial score (nSPS) is 10.3. The second-order valence-electron chi connectivity index (χ2n) is 2.72. The highest BCUT2D eigenvalue weighted by atomic mass is 35.5. The van der Waals surface area contributed by atoms with Crippen molar-refractivity contribution < 1.29 is 13.7 Å². The summed E-state index contributed by atoms with van der Waals surface area (Å²) < 4.78 is 22.8. The van der Waals surface area contributed by atoms with Crippen LogP contribution in [0.3, 0.4) is 0 Å². The van der Waals surface area contributed by atoms with E-state index in [1.54, 1.807) is 6.07 Å². The Bertz CT molecular complexity index is 487. The zero-order chi connectivity index (χ0) is 10.8. The minimum Gasteiger partial charge on any atom is -0.494 e. The first kappa shape index (κ1) is 9.92.